The first-order valence-corrected chi connectivity index (χ1v) is 7.59. The van der Waals surface area contributed by atoms with Crippen LogP contribution < -0.4 is 10.1 Å². The first-order valence-electron chi connectivity index (χ1n) is 6.44. The van der Waals surface area contributed by atoms with Gasteiger partial charge in [-0.05, 0) is 30.3 Å². The van der Waals surface area contributed by atoms with Crippen LogP contribution in [0.3, 0.4) is 0 Å². The smallest absolute Gasteiger partial charge is 0.234 e. The molecule has 0 aliphatic heterocycles. The summed E-state index contributed by atoms with van der Waals surface area (Å²) in [5.41, 5.74) is 1.52. The monoisotopic (exact) mass is 305 g/mol. The number of anilines is 1. The van der Waals surface area contributed by atoms with Crippen molar-refractivity contribution in [2.24, 2.45) is 0 Å². The Bertz CT molecular complexity index is 604. The van der Waals surface area contributed by atoms with Crippen molar-refractivity contribution in [1.82, 2.24) is 0 Å². The molecule has 110 valence electrons. The van der Waals surface area contributed by atoms with Gasteiger partial charge in [0.2, 0.25) is 5.91 Å². The highest BCUT2D eigenvalue weighted by atomic mass is 32.2. The van der Waals surface area contributed by atoms with Gasteiger partial charge in [0.15, 0.2) is 0 Å². The van der Waals surface area contributed by atoms with Crippen LogP contribution >= 0.6 is 11.8 Å². The summed E-state index contributed by atoms with van der Waals surface area (Å²) < 4.78 is 18.4. The second-order valence-electron chi connectivity index (χ2n) is 4.36. The standard InChI is InChI=1S/C16H16FNO2S/c1-20-15-8-7-13(17)9-12(15)10-21-11-16(19)18-14-5-3-2-4-6-14/h2-9H,10-11H2,1H3,(H,18,19). The van der Waals surface area contributed by atoms with Crippen molar-refractivity contribution < 1.29 is 13.9 Å². The van der Waals surface area contributed by atoms with Crippen LogP contribution in [0, 0.1) is 5.82 Å². The summed E-state index contributed by atoms with van der Waals surface area (Å²) in [4.78, 5) is 11.8. The number of nitrogens with one attached hydrogen (secondary N) is 1. The molecule has 1 N–H and O–H groups in total. The zero-order valence-electron chi connectivity index (χ0n) is 11.6. The maximum atomic E-state index is 13.2. The highest BCUT2D eigenvalue weighted by molar-refractivity contribution is 7.99. The second kappa shape index (κ2) is 7.69. The molecule has 0 bridgehead atoms. The summed E-state index contributed by atoms with van der Waals surface area (Å²) in [5, 5.41) is 2.80. The van der Waals surface area contributed by atoms with Crippen molar-refractivity contribution in [3.05, 3.63) is 59.9 Å². The Labute approximate surface area is 127 Å². The lowest BCUT2D eigenvalue weighted by molar-refractivity contribution is -0.113. The van der Waals surface area contributed by atoms with E-state index in [4.69, 9.17) is 4.74 Å². The average molecular weight is 305 g/mol. The van der Waals surface area contributed by atoms with Gasteiger partial charge in [-0.1, -0.05) is 18.2 Å². The van der Waals surface area contributed by atoms with E-state index in [0.717, 1.165) is 11.3 Å². The van der Waals surface area contributed by atoms with Gasteiger partial charge in [-0.15, -0.1) is 11.8 Å². The molecule has 0 saturated carbocycles. The number of hydrogen-bond donors (Lipinski definition) is 1. The van der Waals surface area contributed by atoms with Crippen LogP contribution in [0.4, 0.5) is 10.1 Å². The Morgan fingerprint density at radius 3 is 2.71 bits per heavy atom. The van der Waals surface area contributed by atoms with Crippen LogP contribution in [0.1, 0.15) is 5.56 Å². The van der Waals surface area contributed by atoms with E-state index in [9.17, 15) is 9.18 Å². The zero-order valence-corrected chi connectivity index (χ0v) is 12.5. The predicted octanol–water partition coefficient (Wildman–Crippen LogP) is 3.71. The van der Waals surface area contributed by atoms with Crippen LogP contribution in [0.2, 0.25) is 0 Å². The SMILES string of the molecule is COc1ccc(F)cc1CSCC(=O)Nc1ccccc1. The first-order chi connectivity index (χ1) is 10.2. The third-order valence-electron chi connectivity index (χ3n) is 2.79. The summed E-state index contributed by atoms with van der Waals surface area (Å²) in [6, 6.07) is 13.7. The number of amides is 1. The van der Waals surface area contributed by atoms with Gasteiger partial charge in [-0.25, -0.2) is 4.39 Å². The molecule has 2 aromatic carbocycles. The van der Waals surface area contributed by atoms with E-state index in [1.165, 1.54) is 23.9 Å². The summed E-state index contributed by atoms with van der Waals surface area (Å²) in [6.07, 6.45) is 0. The van der Waals surface area contributed by atoms with Crippen molar-refractivity contribution in [3.63, 3.8) is 0 Å². The van der Waals surface area contributed by atoms with Crippen LogP contribution in [-0.4, -0.2) is 18.8 Å². The quantitative estimate of drug-likeness (QED) is 0.884. The predicted molar refractivity (Wildman–Crippen MR) is 84.2 cm³/mol. The molecule has 0 fully saturated rings. The van der Waals surface area contributed by atoms with E-state index in [2.05, 4.69) is 5.32 Å². The number of halogens is 1. The lowest BCUT2D eigenvalue weighted by Gasteiger charge is -2.08. The lowest BCUT2D eigenvalue weighted by Crippen LogP contribution is -2.14. The fourth-order valence-corrected chi connectivity index (χ4v) is 2.64. The molecule has 0 aliphatic carbocycles. The number of hydrogen-bond acceptors (Lipinski definition) is 3. The van der Waals surface area contributed by atoms with Gasteiger partial charge in [-0.2, -0.15) is 0 Å². The molecule has 0 unspecified atom stereocenters. The van der Waals surface area contributed by atoms with Gasteiger partial charge in [0.25, 0.3) is 0 Å². The van der Waals surface area contributed by atoms with Crippen LogP contribution in [0.25, 0.3) is 0 Å². The number of benzene rings is 2. The molecular weight excluding hydrogens is 289 g/mol. The third-order valence-corrected chi connectivity index (χ3v) is 3.77. The minimum absolute atomic E-state index is 0.0819. The van der Waals surface area contributed by atoms with Gasteiger partial charge >= 0.3 is 0 Å². The van der Waals surface area contributed by atoms with Crippen molar-refractivity contribution in [2.75, 3.05) is 18.2 Å². The van der Waals surface area contributed by atoms with E-state index in [1.54, 1.807) is 13.2 Å². The Balaban J connectivity index is 1.84. The molecule has 5 heteroatoms. The molecule has 3 nitrogen and oxygen atoms in total. The largest absolute Gasteiger partial charge is 0.496 e. The van der Waals surface area contributed by atoms with Gasteiger partial charge in [0, 0.05) is 17.0 Å². The summed E-state index contributed by atoms with van der Waals surface area (Å²) >= 11 is 1.41. The highest BCUT2D eigenvalue weighted by Gasteiger charge is 2.07. The number of rotatable bonds is 6. The highest BCUT2D eigenvalue weighted by Crippen LogP contribution is 2.24. The number of methoxy groups -OCH3 is 1. The Morgan fingerprint density at radius 1 is 1.24 bits per heavy atom. The van der Waals surface area contributed by atoms with E-state index in [-0.39, 0.29) is 11.7 Å². The van der Waals surface area contributed by atoms with Crippen LogP contribution in [0.5, 0.6) is 5.75 Å². The van der Waals surface area contributed by atoms with Gasteiger partial charge < -0.3 is 10.1 Å². The minimum atomic E-state index is -0.305. The molecule has 2 aromatic rings. The molecule has 21 heavy (non-hydrogen) atoms. The van der Waals surface area contributed by atoms with E-state index < -0.39 is 0 Å². The maximum Gasteiger partial charge on any atom is 0.234 e. The molecule has 2 rings (SSSR count). The fraction of sp³-hybridized carbons (Fsp3) is 0.188. The molecular formula is C16H16FNO2S. The van der Waals surface area contributed by atoms with Crippen LogP contribution in [-0.2, 0) is 10.5 Å². The Kier molecular flexibility index (Phi) is 5.63. The maximum absolute atomic E-state index is 13.2. The number of para-hydroxylation sites is 1. The summed E-state index contributed by atoms with van der Waals surface area (Å²) in [7, 11) is 1.55. The fourth-order valence-electron chi connectivity index (χ4n) is 1.83. The second-order valence-corrected chi connectivity index (χ2v) is 5.35. The number of ether oxygens (including phenoxy) is 1. The third kappa shape index (κ3) is 4.79. The van der Waals surface area contributed by atoms with Crippen molar-refractivity contribution in [3.8, 4) is 5.75 Å². The van der Waals surface area contributed by atoms with Crippen molar-refractivity contribution in [2.45, 2.75) is 5.75 Å². The first kappa shape index (κ1) is 15.4. The van der Waals surface area contributed by atoms with Gasteiger partial charge in [0.1, 0.15) is 11.6 Å². The number of carbonyl (C=O) groups excluding carboxylic acids is 1. The Morgan fingerprint density at radius 2 is 2.00 bits per heavy atom. The number of thioether (sulfide) groups is 1. The van der Waals surface area contributed by atoms with Crippen LogP contribution in [0.15, 0.2) is 48.5 Å². The zero-order chi connectivity index (χ0) is 15.1. The summed E-state index contributed by atoms with van der Waals surface area (Å²) in [5.74, 6) is 1.06. The van der Waals surface area contributed by atoms with E-state index in [1.807, 2.05) is 30.3 Å². The van der Waals surface area contributed by atoms with E-state index >= 15 is 0 Å². The molecule has 0 atom stereocenters. The Hall–Kier alpha value is -2.01. The molecule has 0 aliphatic rings. The normalized spacial score (nSPS) is 10.2. The molecule has 0 saturated heterocycles. The molecule has 0 heterocycles. The van der Waals surface area contributed by atoms with Gasteiger partial charge in [0.05, 0.1) is 12.9 Å². The minimum Gasteiger partial charge on any atom is -0.496 e. The number of carbonyl (C=O) groups is 1. The average Bonchev–Trinajstić information content (AvgIpc) is 2.48. The van der Waals surface area contributed by atoms with Crippen molar-refractivity contribution >= 4 is 23.4 Å². The topological polar surface area (TPSA) is 38.3 Å². The molecule has 0 radical (unpaired) electrons. The van der Waals surface area contributed by atoms with Crippen molar-refractivity contribution in [1.29, 1.82) is 0 Å². The molecule has 0 aromatic heterocycles. The summed E-state index contributed by atoms with van der Waals surface area (Å²) in [6.45, 7) is 0. The molecule has 0 spiro atoms. The van der Waals surface area contributed by atoms with Gasteiger partial charge in [-0.3, -0.25) is 4.79 Å². The lowest BCUT2D eigenvalue weighted by atomic mass is 10.2. The van der Waals surface area contributed by atoms with E-state index in [0.29, 0.717) is 17.3 Å². The molecule has 1 amide bonds.